The van der Waals surface area contributed by atoms with Crippen LogP contribution in [0.4, 0.5) is 4.39 Å². The summed E-state index contributed by atoms with van der Waals surface area (Å²) in [6.45, 7) is 5.76. The molecule has 0 saturated heterocycles. The van der Waals surface area contributed by atoms with E-state index in [-0.39, 0.29) is 28.5 Å². The highest BCUT2D eigenvalue weighted by molar-refractivity contribution is 6.32. The Morgan fingerprint density at radius 3 is 2.58 bits per heavy atom. The average Bonchev–Trinajstić information content (AvgIpc) is 2.98. The van der Waals surface area contributed by atoms with Crippen molar-refractivity contribution in [2.45, 2.75) is 27.3 Å². The summed E-state index contributed by atoms with van der Waals surface area (Å²) in [4.78, 5) is 16.2. The summed E-state index contributed by atoms with van der Waals surface area (Å²) in [7, 11) is 0. The van der Waals surface area contributed by atoms with Crippen LogP contribution in [0.15, 0.2) is 30.5 Å². The second-order valence-corrected chi connectivity index (χ2v) is 7.19. The van der Waals surface area contributed by atoms with E-state index in [0.717, 1.165) is 6.07 Å². The number of nitrogens with zero attached hydrogens (tertiary/aromatic N) is 4. The molecule has 2 aromatic heterocycles. The van der Waals surface area contributed by atoms with Crippen molar-refractivity contribution in [1.29, 1.82) is 10.5 Å². The number of carbonyl (C=O) groups is 1. The van der Waals surface area contributed by atoms with Crippen LogP contribution in [0.1, 0.15) is 45.4 Å². The molecule has 8 heteroatoms. The number of carbonyl (C=O) groups excluding carboxylic acids is 1. The SMILES string of the molecule is CCOC(=O)c1cc(Cn2c(C)c(C#N)c(-c3ccc(C#N)cc3F)c2C)cnc1Cl. The Morgan fingerprint density at radius 1 is 1.23 bits per heavy atom. The molecule has 3 rings (SSSR count). The minimum absolute atomic E-state index is 0.0428. The molecule has 0 saturated carbocycles. The lowest BCUT2D eigenvalue weighted by molar-refractivity contribution is 0.0526. The van der Waals surface area contributed by atoms with Gasteiger partial charge in [-0.2, -0.15) is 10.5 Å². The van der Waals surface area contributed by atoms with Crippen LogP contribution >= 0.6 is 11.6 Å². The molecule has 0 bridgehead atoms. The fourth-order valence-corrected chi connectivity index (χ4v) is 3.67. The van der Waals surface area contributed by atoms with E-state index in [4.69, 9.17) is 21.6 Å². The molecule has 0 fully saturated rings. The fourth-order valence-electron chi connectivity index (χ4n) is 3.49. The predicted molar refractivity (Wildman–Crippen MR) is 113 cm³/mol. The number of pyridine rings is 1. The van der Waals surface area contributed by atoms with Gasteiger partial charge in [-0.3, -0.25) is 0 Å². The van der Waals surface area contributed by atoms with Crippen LogP contribution in [0.3, 0.4) is 0 Å². The number of esters is 1. The molecular weight excluding hydrogens is 419 g/mol. The Bertz CT molecular complexity index is 1270. The van der Waals surface area contributed by atoms with Gasteiger partial charge >= 0.3 is 5.97 Å². The molecule has 31 heavy (non-hydrogen) atoms. The zero-order chi connectivity index (χ0) is 22.7. The third-order valence-corrected chi connectivity index (χ3v) is 5.30. The van der Waals surface area contributed by atoms with Crippen molar-refractivity contribution < 1.29 is 13.9 Å². The summed E-state index contributed by atoms with van der Waals surface area (Å²) in [6, 6.07) is 9.82. The van der Waals surface area contributed by atoms with E-state index in [1.807, 2.05) is 10.6 Å². The fraction of sp³-hybridized carbons (Fsp3) is 0.217. The van der Waals surface area contributed by atoms with Crippen molar-refractivity contribution in [3.05, 3.63) is 75.1 Å². The standard InChI is InChI=1S/C23H18ClFN4O2/c1-4-31-23(30)18-7-16(11-28-22(18)24)12-29-13(2)19(10-27)21(14(29)3)17-6-5-15(9-26)8-20(17)25/h5-8,11H,4,12H2,1-3H3. The minimum Gasteiger partial charge on any atom is -0.462 e. The van der Waals surface area contributed by atoms with Gasteiger partial charge in [-0.05, 0) is 44.5 Å². The quantitative estimate of drug-likeness (QED) is 0.417. The largest absolute Gasteiger partial charge is 0.462 e. The zero-order valence-corrected chi connectivity index (χ0v) is 17.9. The molecule has 0 atom stereocenters. The molecule has 0 amide bonds. The molecule has 0 aliphatic rings. The Kier molecular flexibility index (Phi) is 6.39. The van der Waals surface area contributed by atoms with Crippen LogP contribution in [0.5, 0.6) is 0 Å². The van der Waals surface area contributed by atoms with Gasteiger partial charge in [0.25, 0.3) is 0 Å². The van der Waals surface area contributed by atoms with Crippen molar-refractivity contribution in [1.82, 2.24) is 9.55 Å². The zero-order valence-electron chi connectivity index (χ0n) is 17.2. The van der Waals surface area contributed by atoms with Gasteiger partial charge in [-0.15, -0.1) is 0 Å². The predicted octanol–water partition coefficient (Wildman–Crippen LogP) is 4.93. The number of benzene rings is 1. The Morgan fingerprint density at radius 2 is 1.97 bits per heavy atom. The Labute approximate surface area is 184 Å². The summed E-state index contributed by atoms with van der Waals surface area (Å²) >= 11 is 6.04. The first-order valence-corrected chi connectivity index (χ1v) is 9.81. The van der Waals surface area contributed by atoms with Crippen LogP contribution in [0.25, 0.3) is 11.1 Å². The maximum atomic E-state index is 14.7. The van der Waals surface area contributed by atoms with Crippen LogP contribution in [-0.4, -0.2) is 22.1 Å². The van der Waals surface area contributed by atoms with Crippen molar-refractivity contribution in [3.63, 3.8) is 0 Å². The second kappa shape index (κ2) is 8.99. The molecule has 6 nitrogen and oxygen atoms in total. The number of ether oxygens (including phenoxy) is 1. The summed E-state index contributed by atoms with van der Waals surface area (Å²) in [6.07, 6.45) is 1.54. The lowest BCUT2D eigenvalue weighted by Gasteiger charge is -2.12. The number of aromatic nitrogens is 2. The minimum atomic E-state index is -0.575. The molecule has 3 aromatic rings. The van der Waals surface area contributed by atoms with E-state index in [9.17, 15) is 14.4 Å². The van der Waals surface area contributed by atoms with E-state index >= 15 is 0 Å². The summed E-state index contributed by atoms with van der Waals surface area (Å²) in [5, 5.41) is 18.8. The Balaban J connectivity index is 2.09. The molecule has 156 valence electrons. The molecule has 0 unspecified atom stereocenters. The van der Waals surface area contributed by atoms with Gasteiger partial charge in [0.1, 0.15) is 17.0 Å². The number of halogens is 2. The van der Waals surface area contributed by atoms with Gasteiger partial charge in [0, 0.05) is 35.3 Å². The first-order chi connectivity index (χ1) is 14.8. The molecule has 0 spiro atoms. The summed E-state index contributed by atoms with van der Waals surface area (Å²) < 4.78 is 21.6. The van der Waals surface area contributed by atoms with Gasteiger partial charge in [0.2, 0.25) is 0 Å². The van der Waals surface area contributed by atoms with Gasteiger partial charge in [-0.25, -0.2) is 14.2 Å². The van der Waals surface area contributed by atoms with Crippen molar-refractivity contribution in [3.8, 4) is 23.3 Å². The summed E-state index contributed by atoms with van der Waals surface area (Å²) in [5.41, 5.74) is 3.40. The number of rotatable bonds is 5. The third kappa shape index (κ3) is 4.14. The lowest BCUT2D eigenvalue weighted by Crippen LogP contribution is -2.09. The van der Waals surface area contributed by atoms with E-state index in [1.165, 1.54) is 18.3 Å². The normalized spacial score (nSPS) is 10.4. The van der Waals surface area contributed by atoms with Crippen LogP contribution < -0.4 is 0 Å². The number of nitriles is 2. The topological polar surface area (TPSA) is 91.7 Å². The van der Waals surface area contributed by atoms with Crippen LogP contribution in [0.2, 0.25) is 5.15 Å². The third-order valence-electron chi connectivity index (χ3n) is 4.99. The molecule has 0 aliphatic carbocycles. The highest BCUT2D eigenvalue weighted by Crippen LogP contribution is 2.34. The van der Waals surface area contributed by atoms with E-state index in [2.05, 4.69) is 11.1 Å². The highest BCUT2D eigenvalue weighted by Gasteiger charge is 2.22. The van der Waals surface area contributed by atoms with Crippen molar-refractivity contribution in [2.24, 2.45) is 0 Å². The smallest absolute Gasteiger partial charge is 0.341 e. The lowest BCUT2D eigenvalue weighted by atomic mass is 9.99. The van der Waals surface area contributed by atoms with E-state index in [0.29, 0.717) is 34.6 Å². The van der Waals surface area contributed by atoms with Gasteiger partial charge in [0.15, 0.2) is 0 Å². The summed E-state index contributed by atoms with van der Waals surface area (Å²) in [5.74, 6) is -1.14. The number of hydrogen-bond acceptors (Lipinski definition) is 5. The van der Waals surface area contributed by atoms with E-state index in [1.54, 1.807) is 26.8 Å². The van der Waals surface area contributed by atoms with Crippen LogP contribution in [-0.2, 0) is 11.3 Å². The molecule has 0 radical (unpaired) electrons. The maximum absolute atomic E-state index is 14.7. The van der Waals surface area contributed by atoms with E-state index < -0.39 is 11.8 Å². The first kappa shape index (κ1) is 22.0. The highest BCUT2D eigenvalue weighted by atomic mass is 35.5. The van der Waals surface area contributed by atoms with Crippen molar-refractivity contribution >= 4 is 17.6 Å². The maximum Gasteiger partial charge on any atom is 0.341 e. The van der Waals surface area contributed by atoms with Crippen LogP contribution in [0, 0.1) is 42.3 Å². The van der Waals surface area contributed by atoms with Gasteiger partial charge < -0.3 is 9.30 Å². The monoisotopic (exact) mass is 436 g/mol. The second-order valence-electron chi connectivity index (χ2n) is 6.83. The molecule has 1 aromatic carbocycles. The van der Waals surface area contributed by atoms with Gasteiger partial charge in [0.05, 0.1) is 29.4 Å². The van der Waals surface area contributed by atoms with Gasteiger partial charge in [-0.1, -0.05) is 17.7 Å². The molecule has 2 heterocycles. The molecule has 0 N–H and O–H groups in total. The van der Waals surface area contributed by atoms with Crippen molar-refractivity contribution in [2.75, 3.05) is 6.61 Å². The Hall–Kier alpha value is -3.68. The average molecular weight is 437 g/mol. The molecular formula is C23H18ClFN4O2. The first-order valence-electron chi connectivity index (χ1n) is 9.43. The number of hydrogen-bond donors (Lipinski definition) is 0. The molecule has 0 aliphatic heterocycles.